The van der Waals surface area contributed by atoms with Gasteiger partial charge in [0.2, 0.25) is 5.91 Å². The van der Waals surface area contributed by atoms with Crippen molar-refractivity contribution in [3.8, 4) is 0 Å². The summed E-state index contributed by atoms with van der Waals surface area (Å²) in [4.78, 5) is 11.8. The molecule has 1 aliphatic rings. The monoisotopic (exact) mass is 200 g/mol. The molecule has 4 N–H and O–H groups in total. The minimum Gasteiger partial charge on any atom is -0.391 e. The van der Waals surface area contributed by atoms with Crippen LogP contribution in [0.5, 0.6) is 0 Å². The Morgan fingerprint density at radius 3 is 2.43 bits per heavy atom. The molecule has 4 heteroatoms. The third kappa shape index (κ3) is 2.07. The highest BCUT2D eigenvalue weighted by molar-refractivity contribution is 5.86. The van der Waals surface area contributed by atoms with Gasteiger partial charge in [0.05, 0.1) is 17.1 Å². The first-order chi connectivity index (χ1) is 6.34. The molecule has 1 aliphatic carbocycles. The molecule has 1 atom stereocenters. The fraction of sp³-hybridized carbons (Fsp3) is 0.900. The summed E-state index contributed by atoms with van der Waals surface area (Å²) >= 11 is 0. The SMILES string of the molecule is CC(O)C(C)(C)NC(=O)C1(CN)CC1. The Bertz CT molecular complexity index is 232. The van der Waals surface area contributed by atoms with E-state index in [4.69, 9.17) is 5.73 Å². The van der Waals surface area contributed by atoms with Crippen LogP contribution in [0.4, 0.5) is 0 Å². The standard InChI is InChI=1S/C10H20N2O2/c1-7(13)9(2,3)12-8(14)10(6-11)4-5-10/h7,13H,4-6,11H2,1-3H3,(H,12,14). The number of amides is 1. The van der Waals surface area contributed by atoms with E-state index in [0.29, 0.717) is 6.54 Å². The highest BCUT2D eigenvalue weighted by Gasteiger charge is 2.49. The Kier molecular flexibility index (Phi) is 2.88. The molecule has 14 heavy (non-hydrogen) atoms. The lowest BCUT2D eigenvalue weighted by atomic mass is 9.96. The lowest BCUT2D eigenvalue weighted by molar-refractivity contribution is -0.129. The van der Waals surface area contributed by atoms with Gasteiger partial charge in [-0.3, -0.25) is 4.79 Å². The number of hydrogen-bond acceptors (Lipinski definition) is 3. The minimum absolute atomic E-state index is 0.0223. The summed E-state index contributed by atoms with van der Waals surface area (Å²) in [6.45, 7) is 5.68. The molecular weight excluding hydrogens is 180 g/mol. The number of aliphatic hydroxyl groups is 1. The van der Waals surface area contributed by atoms with Gasteiger partial charge in [-0.1, -0.05) is 0 Å². The highest BCUT2D eigenvalue weighted by atomic mass is 16.3. The van der Waals surface area contributed by atoms with E-state index >= 15 is 0 Å². The smallest absolute Gasteiger partial charge is 0.227 e. The summed E-state index contributed by atoms with van der Waals surface area (Å²) in [6.07, 6.45) is 1.16. The molecule has 1 amide bonds. The molecule has 0 aromatic rings. The van der Waals surface area contributed by atoms with Crippen LogP contribution in [0.3, 0.4) is 0 Å². The van der Waals surface area contributed by atoms with Crippen LogP contribution in [-0.4, -0.2) is 29.2 Å². The molecule has 1 saturated carbocycles. The maximum Gasteiger partial charge on any atom is 0.227 e. The average molecular weight is 200 g/mol. The Morgan fingerprint density at radius 2 is 2.14 bits per heavy atom. The quantitative estimate of drug-likeness (QED) is 0.598. The highest BCUT2D eigenvalue weighted by Crippen LogP contribution is 2.45. The van der Waals surface area contributed by atoms with Crippen LogP contribution < -0.4 is 11.1 Å². The van der Waals surface area contributed by atoms with Crippen molar-refractivity contribution in [2.24, 2.45) is 11.1 Å². The zero-order valence-corrected chi connectivity index (χ0v) is 9.13. The zero-order chi connectivity index (χ0) is 11.0. The summed E-state index contributed by atoms with van der Waals surface area (Å²) in [5.41, 5.74) is 4.62. The fourth-order valence-corrected chi connectivity index (χ4v) is 1.20. The third-order valence-corrected chi connectivity index (χ3v) is 3.21. The Hall–Kier alpha value is -0.610. The average Bonchev–Trinajstić information content (AvgIpc) is 2.83. The van der Waals surface area contributed by atoms with E-state index in [-0.39, 0.29) is 11.3 Å². The molecule has 0 aromatic heterocycles. The number of nitrogens with two attached hydrogens (primary N) is 1. The maximum atomic E-state index is 11.8. The fourth-order valence-electron chi connectivity index (χ4n) is 1.20. The van der Waals surface area contributed by atoms with Gasteiger partial charge in [0, 0.05) is 6.54 Å². The number of nitrogens with one attached hydrogen (secondary N) is 1. The molecule has 0 spiro atoms. The van der Waals surface area contributed by atoms with Gasteiger partial charge in [0.1, 0.15) is 0 Å². The minimum atomic E-state index is -0.582. The van der Waals surface area contributed by atoms with E-state index in [1.807, 2.05) is 13.8 Å². The normalized spacial score (nSPS) is 21.5. The largest absolute Gasteiger partial charge is 0.391 e. The molecule has 0 aliphatic heterocycles. The number of aliphatic hydroxyl groups excluding tert-OH is 1. The van der Waals surface area contributed by atoms with Crippen molar-refractivity contribution >= 4 is 5.91 Å². The van der Waals surface area contributed by atoms with Crippen molar-refractivity contribution in [3.05, 3.63) is 0 Å². The number of hydrogen-bond donors (Lipinski definition) is 3. The summed E-state index contributed by atoms with van der Waals surface area (Å²) < 4.78 is 0. The van der Waals surface area contributed by atoms with E-state index in [0.717, 1.165) is 12.8 Å². The van der Waals surface area contributed by atoms with Gasteiger partial charge in [-0.25, -0.2) is 0 Å². The van der Waals surface area contributed by atoms with E-state index in [1.165, 1.54) is 0 Å². The molecule has 4 nitrogen and oxygen atoms in total. The molecule has 0 radical (unpaired) electrons. The van der Waals surface area contributed by atoms with Gasteiger partial charge in [0.25, 0.3) is 0 Å². The number of carbonyl (C=O) groups excluding carboxylic acids is 1. The first-order valence-corrected chi connectivity index (χ1v) is 5.05. The Balaban J connectivity index is 2.57. The van der Waals surface area contributed by atoms with E-state index in [2.05, 4.69) is 5.32 Å². The predicted molar refractivity (Wildman–Crippen MR) is 54.6 cm³/mol. The van der Waals surface area contributed by atoms with Crippen molar-refractivity contribution in [2.75, 3.05) is 6.54 Å². The number of rotatable bonds is 4. The second-order valence-electron chi connectivity index (χ2n) is 4.84. The summed E-state index contributed by atoms with van der Waals surface area (Å²) in [5.74, 6) is -0.0223. The topological polar surface area (TPSA) is 75.3 Å². The second-order valence-corrected chi connectivity index (χ2v) is 4.84. The van der Waals surface area contributed by atoms with Crippen LogP contribution in [0.25, 0.3) is 0 Å². The number of carbonyl (C=O) groups is 1. The van der Waals surface area contributed by atoms with Gasteiger partial charge in [0.15, 0.2) is 0 Å². The van der Waals surface area contributed by atoms with E-state index in [9.17, 15) is 9.90 Å². The lowest BCUT2D eigenvalue weighted by Gasteiger charge is -2.31. The van der Waals surface area contributed by atoms with Crippen LogP contribution in [0, 0.1) is 5.41 Å². The summed E-state index contributed by atoms with van der Waals surface area (Å²) in [5, 5.41) is 12.3. The van der Waals surface area contributed by atoms with Crippen LogP contribution in [0.2, 0.25) is 0 Å². The van der Waals surface area contributed by atoms with E-state index < -0.39 is 11.6 Å². The van der Waals surface area contributed by atoms with Crippen molar-refractivity contribution in [1.29, 1.82) is 0 Å². The molecule has 0 saturated heterocycles. The zero-order valence-electron chi connectivity index (χ0n) is 9.13. The van der Waals surface area contributed by atoms with Crippen LogP contribution in [-0.2, 0) is 4.79 Å². The predicted octanol–water partition coefficient (Wildman–Crippen LogP) is 0.000900. The molecule has 0 heterocycles. The first kappa shape index (κ1) is 11.5. The van der Waals surface area contributed by atoms with Gasteiger partial charge in [-0.15, -0.1) is 0 Å². The van der Waals surface area contributed by atoms with Gasteiger partial charge in [-0.05, 0) is 33.6 Å². The van der Waals surface area contributed by atoms with Gasteiger partial charge in [-0.2, -0.15) is 0 Å². The van der Waals surface area contributed by atoms with E-state index in [1.54, 1.807) is 6.92 Å². The Labute approximate surface area is 84.9 Å². The van der Waals surface area contributed by atoms with Crippen molar-refractivity contribution in [3.63, 3.8) is 0 Å². The molecule has 1 fully saturated rings. The Morgan fingerprint density at radius 1 is 1.64 bits per heavy atom. The summed E-state index contributed by atoms with van der Waals surface area (Å²) in [7, 11) is 0. The maximum absolute atomic E-state index is 11.8. The van der Waals surface area contributed by atoms with Crippen LogP contribution >= 0.6 is 0 Å². The molecule has 1 unspecified atom stereocenters. The van der Waals surface area contributed by atoms with Crippen molar-refractivity contribution in [1.82, 2.24) is 5.32 Å². The molecule has 0 aromatic carbocycles. The molecule has 1 rings (SSSR count). The summed E-state index contributed by atoms with van der Waals surface area (Å²) in [6, 6.07) is 0. The van der Waals surface area contributed by atoms with Crippen molar-refractivity contribution < 1.29 is 9.90 Å². The van der Waals surface area contributed by atoms with Crippen LogP contribution in [0.15, 0.2) is 0 Å². The van der Waals surface area contributed by atoms with Gasteiger partial charge < -0.3 is 16.2 Å². The second kappa shape index (κ2) is 3.51. The molecule has 82 valence electrons. The third-order valence-electron chi connectivity index (χ3n) is 3.21. The lowest BCUT2D eigenvalue weighted by Crippen LogP contribution is -2.54. The molecule has 0 bridgehead atoms. The van der Waals surface area contributed by atoms with Crippen molar-refractivity contribution in [2.45, 2.75) is 45.3 Å². The molecular formula is C10H20N2O2. The first-order valence-electron chi connectivity index (χ1n) is 5.05. The van der Waals surface area contributed by atoms with Gasteiger partial charge >= 0.3 is 0 Å². The van der Waals surface area contributed by atoms with Crippen LogP contribution in [0.1, 0.15) is 33.6 Å².